The van der Waals surface area contributed by atoms with Gasteiger partial charge in [-0.25, -0.2) is 0 Å². The number of likely N-dealkylation sites (N-methyl/N-ethyl adjacent to an activating group) is 1. The largest absolute Gasteiger partial charge is 0.321 e. The highest BCUT2D eigenvalue weighted by Crippen LogP contribution is 2.29. The average molecular weight is 269 g/mol. The molecule has 0 radical (unpaired) electrons. The normalized spacial score (nSPS) is 29.6. The van der Waals surface area contributed by atoms with E-state index in [0.717, 1.165) is 19.4 Å². The first-order chi connectivity index (χ1) is 8.76. The van der Waals surface area contributed by atoms with Gasteiger partial charge in [-0.1, -0.05) is 27.7 Å². The van der Waals surface area contributed by atoms with Crippen LogP contribution in [0, 0.1) is 5.92 Å². The summed E-state index contributed by atoms with van der Waals surface area (Å²) in [4.78, 5) is 17.1. The number of amides is 1. The Morgan fingerprint density at radius 1 is 1.37 bits per heavy atom. The zero-order valence-corrected chi connectivity index (χ0v) is 13.7. The minimum absolute atomic E-state index is 0.171. The van der Waals surface area contributed by atoms with Crippen molar-refractivity contribution in [1.29, 1.82) is 0 Å². The smallest absolute Gasteiger partial charge is 0.244 e. The molecule has 4 heteroatoms. The molecule has 1 rings (SSSR count). The number of nitrogens with one attached hydrogen (secondary N) is 1. The summed E-state index contributed by atoms with van der Waals surface area (Å²) in [5, 5.41) is 3.53. The maximum absolute atomic E-state index is 12.8. The quantitative estimate of drug-likeness (QED) is 0.800. The number of nitrogens with zero attached hydrogens (tertiary/aromatic N) is 2. The van der Waals surface area contributed by atoms with Gasteiger partial charge in [0.25, 0.3) is 0 Å². The first-order valence-electron chi connectivity index (χ1n) is 7.52. The number of carbonyl (C=O) groups excluding carboxylic acids is 1. The molecule has 1 amide bonds. The number of carbonyl (C=O) groups is 1. The molecule has 0 saturated carbocycles. The van der Waals surface area contributed by atoms with Crippen LogP contribution in [-0.2, 0) is 4.79 Å². The SMILES string of the molecule is CCC1NC(C)(CC)C(=O)N1C(CN(C)C)C(C)C. The summed E-state index contributed by atoms with van der Waals surface area (Å²) < 4.78 is 0. The first-order valence-corrected chi connectivity index (χ1v) is 7.52. The van der Waals surface area contributed by atoms with Gasteiger partial charge >= 0.3 is 0 Å². The Balaban J connectivity index is 3.02. The predicted molar refractivity (Wildman–Crippen MR) is 79.9 cm³/mol. The lowest BCUT2D eigenvalue weighted by molar-refractivity contribution is -0.136. The summed E-state index contributed by atoms with van der Waals surface area (Å²) in [7, 11) is 4.15. The predicted octanol–water partition coefficient (Wildman–Crippen LogP) is 1.91. The van der Waals surface area contributed by atoms with Gasteiger partial charge in [0.1, 0.15) is 0 Å². The van der Waals surface area contributed by atoms with Crippen molar-refractivity contribution in [3.8, 4) is 0 Å². The molecule has 3 unspecified atom stereocenters. The molecule has 1 N–H and O–H groups in total. The van der Waals surface area contributed by atoms with E-state index in [1.165, 1.54) is 0 Å². The van der Waals surface area contributed by atoms with Crippen LogP contribution in [0.15, 0.2) is 0 Å². The lowest BCUT2D eigenvalue weighted by Gasteiger charge is -2.37. The van der Waals surface area contributed by atoms with Gasteiger partial charge in [-0.05, 0) is 39.8 Å². The molecular formula is C15H31N3O. The summed E-state index contributed by atoms with van der Waals surface area (Å²) in [5.74, 6) is 0.726. The maximum atomic E-state index is 12.8. The van der Waals surface area contributed by atoms with Gasteiger partial charge in [-0.2, -0.15) is 0 Å². The Labute approximate surface area is 118 Å². The van der Waals surface area contributed by atoms with Crippen LogP contribution >= 0.6 is 0 Å². The molecule has 3 atom stereocenters. The van der Waals surface area contributed by atoms with E-state index in [0.29, 0.717) is 5.92 Å². The van der Waals surface area contributed by atoms with Crippen molar-refractivity contribution in [2.45, 2.75) is 65.2 Å². The second-order valence-corrected chi connectivity index (χ2v) is 6.54. The van der Waals surface area contributed by atoms with Crippen LogP contribution in [0.2, 0.25) is 0 Å². The topological polar surface area (TPSA) is 35.6 Å². The van der Waals surface area contributed by atoms with Crippen molar-refractivity contribution < 1.29 is 4.79 Å². The van der Waals surface area contributed by atoms with Gasteiger partial charge in [-0.3, -0.25) is 10.1 Å². The fourth-order valence-corrected chi connectivity index (χ4v) is 2.85. The second kappa shape index (κ2) is 6.23. The van der Waals surface area contributed by atoms with E-state index in [1.807, 2.05) is 6.92 Å². The van der Waals surface area contributed by atoms with E-state index < -0.39 is 0 Å². The van der Waals surface area contributed by atoms with E-state index in [4.69, 9.17) is 0 Å². The zero-order valence-electron chi connectivity index (χ0n) is 13.7. The molecule has 1 fully saturated rings. The molecular weight excluding hydrogens is 238 g/mol. The molecule has 0 spiro atoms. The molecule has 19 heavy (non-hydrogen) atoms. The average Bonchev–Trinajstić information content (AvgIpc) is 2.59. The van der Waals surface area contributed by atoms with Gasteiger partial charge in [0.2, 0.25) is 5.91 Å². The molecule has 1 saturated heterocycles. The monoisotopic (exact) mass is 269 g/mol. The number of rotatable bonds is 6. The molecule has 112 valence electrons. The van der Waals surface area contributed by atoms with E-state index in [-0.39, 0.29) is 23.7 Å². The zero-order chi connectivity index (χ0) is 14.8. The molecule has 0 bridgehead atoms. The van der Waals surface area contributed by atoms with E-state index in [9.17, 15) is 4.79 Å². The van der Waals surface area contributed by atoms with Gasteiger partial charge < -0.3 is 9.80 Å². The molecule has 1 aliphatic rings. The van der Waals surface area contributed by atoms with Crippen molar-refractivity contribution in [2.75, 3.05) is 20.6 Å². The third kappa shape index (κ3) is 3.29. The highest BCUT2D eigenvalue weighted by molar-refractivity contribution is 5.88. The van der Waals surface area contributed by atoms with Crippen LogP contribution in [0.5, 0.6) is 0 Å². The molecule has 0 aliphatic carbocycles. The highest BCUT2D eigenvalue weighted by atomic mass is 16.2. The Bertz CT molecular complexity index is 317. The third-order valence-corrected chi connectivity index (χ3v) is 4.30. The molecule has 4 nitrogen and oxygen atoms in total. The molecule has 0 aromatic heterocycles. The summed E-state index contributed by atoms with van der Waals surface area (Å²) in [5.41, 5.74) is -0.389. The van der Waals surface area contributed by atoms with Gasteiger partial charge in [0, 0.05) is 12.6 Å². The van der Waals surface area contributed by atoms with Crippen molar-refractivity contribution in [3.05, 3.63) is 0 Å². The summed E-state index contributed by atoms with van der Waals surface area (Å²) in [6.07, 6.45) is 1.97. The second-order valence-electron chi connectivity index (χ2n) is 6.54. The Morgan fingerprint density at radius 3 is 2.32 bits per heavy atom. The summed E-state index contributed by atoms with van der Waals surface area (Å²) in [6, 6.07) is 0.272. The summed E-state index contributed by atoms with van der Waals surface area (Å²) in [6.45, 7) is 11.6. The van der Waals surface area contributed by atoms with Crippen molar-refractivity contribution in [2.24, 2.45) is 5.92 Å². The minimum Gasteiger partial charge on any atom is -0.321 e. The number of hydrogen-bond donors (Lipinski definition) is 1. The molecule has 0 aromatic rings. The molecule has 1 heterocycles. The van der Waals surface area contributed by atoms with Crippen LogP contribution in [0.1, 0.15) is 47.5 Å². The standard InChI is InChI=1S/C15H31N3O/c1-8-13-16-15(5,9-2)14(19)18(13)12(11(3)4)10-17(6)7/h11-13,16H,8-10H2,1-7H3. The lowest BCUT2D eigenvalue weighted by atomic mass is 9.96. The van der Waals surface area contributed by atoms with E-state index in [1.54, 1.807) is 0 Å². The van der Waals surface area contributed by atoms with Gasteiger partial charge in [0.05, 0.1) is 11.7 Å². The molecule has 0 aromatic carbocycles. The van der Waals surface area contributed by atoms with Crippen LogP contribution < -0.4 is 5.32 Å². The number of hydrogen-bond acceptors (Lipinski definition) is 3. The van der Waals surface area contributed by atoms with Crippen LogP contribution in [0.3, 0.4) is 0 Å². The van der Waals surface area contributed by atoms with Gasteiger partial charge in [-0.15, -0.1) is 0 Å². The fourth-order valence-electron chi connectivity index (χ4n) is 2.85. The Kier molecular flexibility index (Phi) is 5.39. The molecule has 1 aliphatic heterocycles. The van der Waals surface area contributed by atoms with Crippen molar-refractivity contribution in [3.63, 3.8) is 0 Å². The van der Waals surface area contributed by atoms with E-state index in [2.05, 4.69) is 56.9 Å². The van der Waals surface area contributed by atoms with Crippen molar-refractivity contribution in [1.82, 2.24) is 15.1 Å². The Morgan fingerprint density at radius 2 is 1.95 bits per heavy atom. The fraction of sp³-hybridized carbons (Fsp3) is 0.933. The minimum atomic E-state index is -0.389. The van der Waals surface area contributed by atoms with Crippen molar-refractivity contribution >= 4 is 5.91 Å². The highest BCUT2D eigenvalue weighted by Gasteiger charge is 2.48. The lowest BCUT2D eigenvalue weighted by Crippen LogP contribution is -2.51. The van der Waals surface area contributed by atoms with Crippen LogP contribution in [0.4, 0.5) is 0 Å². The Hall–Kier alpha value is -0.610. The summed E-state index contributed by atoms with van der Waals surface area (Å²) >= 11 is 0. The van der Waals surface area contributed by atoms with Crippen LogP contribution in [-0.4, -0.2) is 54.1 Å². The van der Waals surface area contributed by atoms with E-state index >= 15 is 0 Å². The van der Waals surface area contributed by atoms with Gasteiger partial charge in [0.15, 0.2) is 0 Å². The third-order valence-electron chi connectivity index (χ3n) is 4.30. The first kappa shape index (κ1) is 16.4. The maximum Gasteiger partial charge on any atom is 0.244 e. The van der Waals surface area contributed by atoms with Crippen LogP contribution in [0.25, 0.3) is 0 Å².